The van der Waals surface area contributed by atoms with E-state index in [9.17, 15) is 0 Å². The molecule has 0 saturated heterocycles. The molecule has 0 aliphatic heterocycles. The minimum absolute atomic E-state index is 0.575. The number of nitrogens with zero attached hydrogens (tertiary/aromatic N) is 1. The highest BCUT2D eigenvalue weighted by Gasteiger charge is 2.14. The van der Waals surface area contributed by atoms with Gasteiger partial charge >= 0.3 is 0 Å². The largest absolute Gasteiger partial charge is 0.383 e. The standard InChI is InChI=1S/C13H30N2O/c1-6-13(7-2)15(10-11-16-5)9-8-14-12(3)4/h12-14H,6-11H2,1-5H3. The molecule has 0 bridgehead atoms. The molecule has 0 fully saturated rings. The van der Waals surface area contributed by atoms with E-state index in [0.29, 0.717) is 12.1 Å². The van der Waals surface area contributed by atoms with Crippen molar-refractivity contribution in [2.75, 3.05) is 33.4 Å². The van der Waals surface area contributed by atoms with Crippen LogP contribution in [0.4, 0.5) is 0 Å². The summed E-state index contributed by atoms with van der Waals surface area (Å²) in [5, 5.41) is 3.47. The summed E-state index contributed by atoms with van der Waals surface area (Å²) in [6.07, 6.45) is 2.45. The zero-order valence-corrected chi connectivity index (χ0v) is 11.8. The normalized spacial score (nSPS) is 12.0. The van der Waals surface area contributed by atoms with Crippen molar-refractivity contribution in [1.82, 2.24) is 10.2 Å². The lowest BCUT2D eigenvalue weighted by Crippen LogP contribution is -2.42. The summed E-state index contributed by atoms with van der Waals surface area (Å²) in [5.74, 6) is 0. The Kier molecular flexibility index (Phi) is 9.99. The van der Waals surface area contributed by atoms with Crippen molar-refractivity contribution in [2.45, 2.75) is 52.6 Å². The molecule has 0 unspecified atom stereocenters. The third kappa shape index (κ3) is 7.20. The first-order valence-corrected chi connectivity index (χ1v) is 6.62. The van der Waals surface area contributed by atoms with Gasteiger partial charge in [-0.15, -0.1) is 0 Å². The van der Waals surface area contributed by atoms with Gasteiger partial charge in [0.2, 0.25) is 0 Å². The molecule has 0 aromatic carbocycles. The van der Waals surface area contributed by atoms with E-state index in [0.717, 1.165) is 26.2 Å². The number of hydrogen-bond acceptors (Lipinski definition) is 3. The van der Waals surface area contributed by atoms with E-state index in [2.05, 4.69) is 37.9 Å². The summed E-state index contributed by atoms with van der Waals surface area (Å²) in [7, 11) is 1.78. The van der Waals surface area contributed by atoms with E-state index in [-0.39, 0.29) is 0 Å². The fourth-order valence-corrected chi connectivity index (χ4v) is 1.99. The average molecular weight is 230 g/mol. The smallest absolute Gasteiger partial charge is 0.0589 e. The third-order valence-corrected chi connectivity index (χ3v) is 2.99. The minimum atomic E-state index is 0.575. The molecule has 0 radical (unpaired) electrons. The maximum absolute atomic E-state index is 5.18. The van der Waals surface area contributed by atoms with Crippen molar-refractivity contribution in [3.63, 3.8) is 0 Å². The van der Waals surface area contributed by atoms with Gasteiger partial charge in [-0.2, -0.15) is 0 Å². The third-order valence-electron chi connectivity index (χ3n) is 2.99. The SMILES string of the molecule is CCC(CC)N(CCNC(C)C)CCOC. The van der Waals surface area contributed by atoms with Crippen LogP contribution in [0.25, 0.3) is 0 Å². The van der Waals surface area contributed by atoms with Crippen molar-refractivity contribution in [2.24, 2.45) is 0 Å². The predicted molar refractivity (Wildman–Crippen MR) is 71.0 cm³/mol. The van der Waals surface area contributed by atoms with Crippen LogP contribution in [0.5, 0.6) is 0 Å². The first kappa shape index (κ1) is 15.9. The van der Waals surface area contributed by atoms with Gasteiger partial charge in [-0.1, -0.05) is 27.7 Å². The number of nitrogens with one attached hydrogen (secondary N) is 1. The molecule has 0 rings (SSSR count). The second-order valence-corrected chi connectivity index (χ2v) is 4.61. The van der Waals surface area contributed by atoms with Crippen molar-refractivity contribution in [1.29, 1.82) is 0 Å². The van der Waals surface area contributed by atoms with Crippen LogP contribution >= 0.6 is 0 Å². The van der Waals surface area contributed by atoms with Gasteiger partial charge in [-0.25, -0.2) is 0 Å². The van der Waals surface area contributed by atoms with Crippen LogP contribution in [-0.2, 0) is 4.74 Å². The van der Waals surface area contributed by atoms with Gasteiger partial charge in [-0.3, -0.25) is 4.90 Å². The summed E-state index contributed by atoms with van der Waals surface area (Å²) in [6, 6.07) is 1.27. The van der Waals surface area contributed by atoms with Crippen LogP contribution in [0, 0.1) is 0 Å². The molecule has 0 spiro atoms. The highest BCUT2D eigenvalue weighted by atomic mass is 16.5. The van der Waals surface area contributed by atoms with Crippen LogP contribution in [0.3, 0.4) is 0 Å². The molecule has 16 heavy (non-hydrogen) atoms. The number of rotatable bonds is 10. The molecule has 0 heterocycles. The Morgan fingerprint density at radius 3 is 2.19 bits per heavy atom. The molecule has 0 saturated carbocycles. The van der Waals surface area contributed by atoms with Gasteiger partial charge in [0.15, 0.2) is 0 Å². The van der Waals surface area contributed by atoms with Crippen LogP contribution in [0.2, 0.25) is 0 Å². The number of hydrogen-bond donors (Lipinski definition) is 1. The molecule has 0 aliphatic carbocycles. The summed E-state index contributed by atoms with van der Waals surface area (Å²) < 4.78 is 5.18. The molecular weight excluding hydrogens is 200 g/mol. The molecule has 0 amide bonds. The zero-order valence-electron chi connectivity index (χ0n) is 11.8. The summed E-state index contributed by atoms with van der Waals surface area (Å²) >= 11 is 0. The van der Waals surface area contributed by atoms with Crippen LogP contribution in [0.15, 0.2) is 0 Å². The number of ether oxygens (including phenoxy) is 1. The number of methoxy groups -OCH3 is 1. The Morgan fingerprint density at radius 1 is 1.12 bits per heavy atom. The van der Waals surface area contributed by atoms with Gasteiger partial charge in [-0.05, 0) is 12.8 Å². The fraction of sp³-hybridized carbons (Fsp3) is 1.00. The lowest BCUT2D eigenvalue weighted by Gasteiger charge is -2.30. The fourth-order valence-electron chi connectivity index (χ4n) is 1.99. The quantitative estimate of drug-likeness (QED) is 0.622. The molecule has 0 aliphatic rings. The Hall–Kier alpha value is -0.120. The van der Waals surface area contributed by atoms with Crippen molar-refractivity contribution in [3.8, 4) is 0 Å². The van der Waals surface area contributed by atoms with Gasteiger partial charge < -0.3 is 10.1 Å². The van der Waals surface area contributed by atoms with E-state index < -0.39 is 0 Å². The van der Waals surface area contributed by atoms with Crippen LogP contribution in [0.1, 0.15) is 40.5 Å². The molecule has 0 atom stereocenters. The van der Waals surface area contributed by atoms with E-state index in [1.165, 1.54) is 12.8 Å². The second-order valence-electron chi connectivity index (χ2n) is 4.61. The van der Waals surface area contributed by atoms with Gasteiger partial charge in [0.1, 0.15) is 0 Å². The van der Waals surface area contributed by atoms with Crippen molar-refractivity contribution >= 4 is 0 Å². The van der Waals surface area contributed by atoms with Crippen molar-refractivity contribution in [3.05, 3.63) is 0 Å². The predicted octanol–water partition coefficient (Wildman–Crippen LogP) is 2.12. The molecule has 0 aromatic rings. The maximum Gasteiger partial charge on any atom is 0.0589 e. The molecule has 1 N–H and O–H groups in total. The van der Waals surface area contributed by atoms with E-state index in [1.807, 2.05) is 0 Å². The highest BCUT2D eigenvalue weighted by molar-refractivity contribution is 4.70. The Bertz CT molecular complexity index is 147. The van der Waals surface area contributed by atoms with Gasteiger partial charge in [0.05, 0.1) is 6.61 Å². The molecule has 98 valence electrons. The monoisotopic (exact) mass is 230 g/mol. The highest BCUT2D eigenvalue weighted by Crippen LogP contribution is 2.07. The van der Waals surface area contributed by atoms with E-state index in [1.54, 1.807) is 7.11 Å². The molecule has 0 aromatic heterocycles. The first-order valence-electron chi connectivity index (χ1n) is 6.62. The lowest BCUT2D eigenvalue weighted by atomic mass is 10.1. The Labute approximate surface area is 102 Å². The maximum atomic E-state index is 5.18. The van der Waals surface area contributed by atoms with E-state index >= 15 is 0 Å². The second kappa shape index (κ2) is 10.1. The topological polar surface area (TPSA) is 24.5 Å². The first-order chi connectivity index (χ1) is 7.65. The summed E-state index contributed by atoms with van der Waals surface area (Å²) in [4.78, 5) is 2.54. The van der Waals surface area contributed by atoms with Gasteiger partial charge in [0.25, 0.3) is 0 Å². The summed E-state index contributed by atoms with van der Waals surface area (Å²) in [6.45, 7) is 13.0. The van der Waals surface area contributed by atoms with Crippen LogP contribution < -0.4 is 5.32 Å². The molecule has 3 heteroatoms. The molecule has 3 nitrogen and oxygen atoms in total. The summed E-state index contributed by atoms with van der Waals surface area (Å²) in [5.41, 5.74) is 0. The lowest BCUT2D eigenvalue weighted by molar-refractivity contribution is 0.115. The van der Waals surface area contributed by atoms with Gasteiger partial charge in [0, 0.05) is 38.8 Å². The Morgan fingerprint density at radius 2 is 1.75 bits per heavy atom. The van der Waals surface area contributed by atoms with Crippen molar-refractivity contribution < 1.29 is 4.74 Å². The molecular formula is C13H30N2O. The van der Waals surface area contributed by atoms with E-state index in [4.69, 9.17) is 4.74 Å². The average Bonchev–Trinajstić information content (AvgIpc) is 2.26. The zero-order chi connectivity index (χ0) is 12.4. The van der Waals surface area contributed by atoms with Crippen LogP contribution in [-0.4, -0.2) is 50.3 Å². The Balaban J connectivity index is 3.97. The minimum Gasteiger partial charge on any atom is -0.383 e.